The third-order valence-electron chi connectivity index (χ3n) is 5.14. The van der Waals surface area contributed by atoms with E-state index in [4.69, 9.17) is 4.74 Å². The van der Waals surface area contributed by atoms with Crippen LogP contribution in [0.3, 0.4) is 0 Å². The van der Waals surface area contributed by atoms with E-state index >= 15 is 0 Å². The van der Waals surface area contributed by atoms with Gasteiger partial charge in [-0.25, -0.2) is 13.2 Å². The van der Waals surface area contributed by atoms with Gasteiger partial charge in [-0.15, -0.1) is 0 Å². The molecule has 9 heteroatoms. The summed E-state index contributed by atoms with van der Waals surface area (Å²) in [5, 5.41) is 5.31. The lowest BCUT2D eigenvalue weighted by molar-refractivity contribution is -0.121. The minimum Gasteiger partial charge on any atom is -0.444 e. The van der Waals surface area contributed by atoms with E-state index in [9.17, 15) is 18.0 Å². The van der Waals surface area contributed by atoms with E-state index < -0.39 is 26.8 Å². The second-order valence-electron chi connectivity index (χ2n) is 8.58. The molecule has 1 aromatic rings. The molecule has 0 aliphatic carbocycles. The van der Waals surface area contributed by atoms with Crippen LogP contribution in [0.25, 0.3) is 0 Å². The van der Waals surface area contributed by atoms with Crippen molar-refractivity contribution in [3.05, 3.63) is 24.3 Å². The summed E-state index contributed by atoms with van der Waals surface area (Å²) in [4.78, 5) is 25.9. The van der Waals surface area contributed by atoms with Gasteiger partial charge in [-0.1, -0.05) is 0 Å². The van der Waals surface area contributed by atoms with Gasteiger partial charge < -0.3 is 20.3 Å². The van der Waals surface area contributed by atoms with Gasteiger partial charge in [0, 0.05) is 31.9 Å². The number of anilines is 1. The molecule has 2 heterocycles. The summed E-state index contributed by atoms with van der Waals surface area (Å²) in [6.45, 7) is 7.44. The van der Waals surface area contributed by atoms with E-state index in [2.05, 4.69) is 10.6 Å². The molecule has 1 aromatic carbocycles. The van der Waals surface area contributed by atoms with Crippen molar-refractivity contribution < 1.29 is 22.7 Å². The maximum absolute atomic E-state index is 13.0. The Labute approximate surface area is 171 Å². The third-order valence-corrected chi connectivity index (χ3v) is 7.41. The van der Waals surface area contributed by atoms with Gasteiger partial charge >= 0.3 is 6.09 Å². The second kappa shape index (κ2) is 8.31. The van der Waals surface area contributed by atoms with E-state index in [1.807, 2.05) is 0 Å². The number of hydrogen-bond acceptors (Lipinski definition) is 6. The van der Waals surface area contributed by atoms with Crippen LogP contribution in [0, 0.1) is 5.92 Å². The molecule has 3 rings (SSSR count). The van der Waals surface area contributed by atoms with Crippen LogP contribution in [0.5, 0.6) is 0 Å². The maximum atomic E-state index is 13.0. The Balaban J connectivity index is 1.58. The first-order valence-corrected chi connectivity index (χ1v) is 11.4. The number of sulfone groups is 1. The molecule has 0 saturated carbocycles. The molecule has 0 bridgehead atoms. The van der Waals surface area contributed by atoms with Gasteiger partial charge in [0.25, 0.3) is 0 Å². The zero-order chi connectivity index (χ0) is 21.2. The smallest absolute Gasteiger partial charge is 0.410 e. The van der Waals surface area contributed by atoms with Gasteiger partial charge in [-0.2, -0.15) is 0 Å². The van der Waals surface area contributed by atoms with Crippen molar-refractivity contribution >= 4 is 27.5 Å². The lowest BCUT2D eigenvalue weighted by Crippen LogP contribution is -2.48. The molecule has 160 valence electrons. The van der Waals surface area contributed by atoms with Gasteiger partial charge in [0.15, 0.2) is 9.84 Å². The van der Waals surface area contributed by atoms with Crippen LogP contribution >= 0.6 is 0 Å². The molecule has 2 aliphatic heterocycles. The minimum absolute atomic E-state index is 0.0337. The molecule has 0 spiro atoms. The summed E-state index contributed by atoms with van der Waals surface area (Å²) in [6, 6.07) is 6.30. The molecular weight excluding hydrogens is 394 g/mol. The molecule has 2 saturated heterocycles. The van der Waals surface area contributed by atoms with Crippen LogP contribution < -0.4 is 10.6 Å². The number of nitrogens with one attached hydrogen (secondary N) is 2. The predicted molar refractivity (Wildman–Crippen MR) is 109 cm³/mol. The fraction of sp³-hybridized carbons (Fsp3) is 0.600. The Kier molecular flexibility index (Phi) is 6.19. The van der Waals surface area contributed by atoms with Crippen LogP contribution in [-0.2, 0) is 19.4 Å². The molecule has 8 nitrogen and oxygen atoms in total. The van der Waals surface area contributed by atoms with E-state index in [1.165, 1.54) is 12.1 Å². The number of carbonyl (C=O) groups is 2. The highest BCUT2D eigenvalue weighted by atomic mass is 32.2. The van der Waals surface area contributed by atoms with Gasteiger partial charge in [-0.3, -0.25) is 4.79 Å². The number of nitrogens with zero attached hydrogens (tertiary/aromatic N) is 1. The SMILES string of the molecule is CC(C)(C)OC(=O)N1CCC(S(=O)(=O)c2ccc(NC(=O)C3CNC3)cc2)CC1. The maximum Gasteiger partial charge on any atom is 0.410 e. The van der Waals surface area contributed by atoms with E-state index in [0.29, 0.717) is 44.7 Å². The number of amides is 2. The first-order valence-electron chi connectivity index (χ1n) is 9.90. The fourth-order valence-electron chi connectivity index (χ4n) is 3.31. The number of ether oxygens (including phenoxy) is 1. The van der Waals surface area contributed by atoms with Crippen molar-refractivity contribution in [2.45, 2.75) is 49.4 Å². The van der Waals surface area contributed by atoms with Crippen molar-refractivity contribution in [3.63, 3.8) is 0 Å². The molecule has 29 heavy (non-hydrogen) atoms. The molecule has 2 N–H and O–H groups in total. The third kappa shape index (κ3) is 5.27. The van der Waals surface area contributed by atoms with Crippen molar-refractivity contribution in [1.82, 2.24) is 10.2 Å². The number of hydrogen-bond donors (Lipinski definition) is 2. The number of piperidine rings is 1. The summed E-state index contributed by atoms with van der Waals surface area (Å²) in [7, 11) is -3.50. The topological polar surface area (TPSA) is 105 Å². The van der Waals surface area contributed by atoms with Gasteiger partial charge in [0.05, 0.1) is 16.1 Å². The molecule has 0 atom stereocenters. The normalized spacial score (nSPS) is 18.8. The number of benzene rings is 1. The van der Waals surface area contributed by atoms with Crippen LogP contribution in [0.4, 0.5) is 10.5 Å². The van der Waals surface area contributed by atoms with Crippen LogP contribution in [0.2, 0.25) is 0 Å². The van der Waals surface area contributed by atoms with Crippen molar-refractivity contribution in [2.75, 3.05) is 31.5 Å². The lowest BCUT2D eigenvalue weighted by Gasteiger charge is -2.33. The summed E-state index contributed by atoms with van der Waals surface area (Å²) < 4.78 is 31.3. The Morgan fingerprint density at radius 2 is 1.69 bits per heavy atom. The lowest BCUT2D eigenvalue weighted by atomic mass is 10.0. The average Bonchev–Trinajstić information content (AvgIpc) is 2.59. The Bertz CT molecular complexity index is 849. The van der Waals surface area contributed by atoms with Crippen LogP contribution in [0.15, 0.2) is 29.2 Å². The average molecular weight is 424 g/mol. The zero-order valence-electron chi connectivity index (χ0n) is 17.1. The quantitative estimate of drug-likeness (QED) is 0.768. The van der Waals surface area contributed by atoms with Crippen molar-refractivity contribution in [2.24, 2.45) is 5.92 Å². The minimum atomic E-state index is -3.50. The van der Waals surface area contributed by atoms with E-state index in [1.54, 1.807) is 37.8 Å². The predicted octanol–water partition coefficient (Wildman–Crippen LogP) is 2.02. The molecule has 2 fully saturated rings. The highest BCUT2D eigenvalue weighted by Gasteiger charge is 2.34. The van der Waals surface area contributed by atoms with Gasteiger partial charge in [0.2, 0.25) is 5.91 Å². The molecule has 2 amide bonds. The summed E-state index contributed by atoms with van der Waals surface area (Å²) >= 11 is 0. The van der Waals surface area contributed by atoms with E-state index in [0.717, 1.165) is 0 Å². The Hall–Kier alpha value is -2.13. The summed E-state index contributed by atoms with van der Waals surface area (Å²) in [5.41, 5.74) is 0.00682. The highest BCUT2D eigenvalue weighted by molar-refractivity contribution is 7.92. The number of rotatable bonds is 4. The molecule has 0 radical (unpaired) electrons. The zero-order valence-corrected chi connectivity index (χ0v) is 17.9. The standard InChI is InChI=1S/C20H29N3O5S/c1-20(2,3)28-19(25)23-10-8-17(9-11-23)29(26,27)16-6-4-15(5-7-16)22-18(24)14-12-21-13-14/h4-7,14,17,21H,8-13H2,1-3H3,(H,22,24). The molecule has 0 aromatic heterocycles. The number of carbonyl (C=O) groups excluding carboxylic acids is 2. The van der Waals surface area contributed by atoms with Gasteiger partial charge in [0.1, 0.15) is 5.60 Å². The fourth-order valence-corrected chi connectivity index (χ4v) is 5.05. The van der Waals surface area contributed by atoms with Gasteiger partial charge in [-0.05, 0) is 57.9 Å². The Morgan fingerprint density at radius 1 is 1.10 bits per heavy atom. The summed E-state index contributed by atoms with van der Waals surface area (Å²) in [5.74, 6) is -0.0950. The summed E-state index contributed by atoms with van der Waals surface area (Å²) in [6.07, 6.45) is 0.332. The first kappa shape index (κ1) is 21.6. The first-order chi connectivity index (χ1) is 13.6. The molecule has 0 unspecified atom stereocenters. The number of likely N-dealkylation sites (tertiary alicyclic amines) is 1. The van der Waals surface area contributed by atoms with E-state index in [-0.39, 0.29) is 16.7 Å². The molecular formula is C20H29N3O5S. The highest BCUT2D eigenvalue weighted by Crippen LogP contribution is 2.26. The van der Waals surface area contributed by atoms with Crippen molar-refractivity contribution in [1.29, 1.82) is 0 Å². The Morgan fingerprint density at radius 3 is 2.17 bits per heavy atom. The largest absolute Gasteiger partial charge is 0.444 e. The van der Waals surface area contributed by atoms with Crippen molar-refractivity contribution in [3.8, 4) is 0 Å². The van der Waals surface area contributed by atoms with Crippen LogP contribution in [-0.4, -0.2) is 62.3 Å². The second-order valence-corrected chi connectivity index (χ2v) is 10.8. The van der Waals surface area contributed by atoms with Crippen LogP contribution in [0.1, 0.15) is 33.6 Å². The molecule has 2 aliphatic rings. The monoisotopic (exact) mass is 423 g/mol.